The van der Waals surface area contributed by atoms with Crippen LogP contribution in [0.25, 0.3) is 0 Å². The Balaban J connectivity index is 2.08. The van der Waals surface area contributed by atoms with Gasteiger partial charge in [0.2, 0.25) is 0 Å². The first-order chi connectivity index (χ1) is 10.4. The van der Waals surface area contributed by atoms with E-state index >= 15 is 0 Å². The quantitative estimate of drug-likeness (QED) is 0.821. The van der Waals surface area contributed by atoms with E-state index in [0.29, 0.717) is 11.6 Å². The number of nitrogens with one attached hydrogen (secondary N) is 1. The zero-order valence-corrected chi connectivity index (χ0v) is 12.8. The third-order valence-electron chi connectivity index (χ3n) is 3.39. The predicted octanol–water partition coefficient (Wildman–Crippen LogP) is 2.73. The van der Waals surface area contributed by atoms with Crippen LogP contribution in [0.3, 0.4) is 0 Å². The molecule has 0 aliphatic carbocycles. The number of hydrogen-bond donors (Lipinski definition) is 2. The smallest absolute Gasteiger partial charge is 0.267 e. The van der Waals surface area contributed by atoms with Crippen molar-refractivity contribution in [2.45, 2.75) is 25.0 Å². The molecule has 0 saturated heterocycles. The molecule has 0 spiro atoms. The fourth-order valence-electron chi connectivity index (χ4n) is 2.05. The summed E-state index contributed by atoms with van der Waals surface area (Å²) in [5.41, 5.74) is -1.12. The molecule has 1 heterocycles. The van der Waals surface area contributed by atoms with Crippen molar-refractivity contribution in [3.63, 3.8) is 0 Å². The van der Waals surface area contributed by atoms with E-state index in [9.17, 15) is 13.9 Å². The summed E-state index contributed by atoms with van der Waals surface area (Å²) in [5.74, 6) is 0. The molecule has 2 aromatic rings. The molecule has 120 valence electrons. The Hall–Kier alpha value is -1.50. The number of aliphatic hydroxyl groups is 1. The van der Waals surface area contributed by atoms with Crippen LogP contribution in [0.1, 0.15) is 18.5 Å². The average molecular weight is 330 g/mol. The van der Waals surface area contributed by atoms with Crippen LogP contribution >= 0.6 is 11.6 Å². The van der Waals surface area contributed by atoms with Gasteiger partial charge >= 0.3 is 0 Å². The van der Waals surface area contributed by atoms with Crippen LogP contribution < -0.4 is 5.32 Å². The lowest BCUT2D eigenvalue weighted by Gasteiger charge is -2.25. The number of rotatable bonds is 7. The number of aromatic nitrogens is 2. The first kappa shape index (κ1) is 16.9. The summed E-state index contributed by atoms with van der Waals surface area (Å²) in [5, 5.41) is 17.3. The van der Waals surface area contributed by atoms with Crippen LogP contribution in [0.15, 0.2) is 42.7 Å². The molecule has 7 heteroatoms. The normalized spacial score (nSPS) is 15.7. The molecule has 0 radical (unpaired) electrons. The molecule has 1 aromatic heterocycles. The van der Waals surface area contributed by atoms with E-state index in [0.717, 1.165) is 12.5 Å². The molecule has 0 saturated carbocycles. The van der Waals surface area contributed by atoms with Gasteiger partial charge in [0, 0.05) is 30.5 Å². The summed E-state index contributed by atoms with van der Waals surface area (Å²) in [4.78, 5) is 0. The molecule has 4 nitrogen and oxygen atoms in total. The zero-order valence-electron chi connectivity index (χ0n) is 12.1. The zero-order chi connectivity index (χ0) is 16.2. The van der Waals surface area contributed by atoms with E-state index in [1.165, 1.54) is 0 Å². The highest BCUT2D eigenvalue weighted by Gasteiger charge is 2.32. The van der Waals surface area contributed by atoms with E-state index in [1.807, 2.05) is 12.1 Å². The number of nitrogens with zero attached hydrogens (tertiary/aromatic N) is 2. The Morgan fingerprint density at radius 2 is 2.05 bits per heavy atom. The topological polar surface area (TPSA) is 50.1 Å². The Labute approximate surface area is 132 Å². The van der Waals surface area contributed by atoms with Crippen LogP contribution in [-0.2, 0) is 0 Å². The minimum absolute atomic E-state index is 0.180. The second-order valence-electron chi connectivity index (χ2n) is 5.34. The first-order valence-electron chi connectivity index (χ1n) is 6.86. The van der Waals surface area contributed by atoms with E-state index in [1.54, 1.807) is 35.3 Å². The lowest BCUT2D eigenvalue weighted by Crippen LogP contribution is -2.45. The lowest BCUT2D eigenvalue weighted by atomic mass is 10.1. The van der Waals surface area contributed by atoms with E-state index in [4.69, 9.17) is 11.6 Å². The van der Waals surface area contributed by atoms with Gasteiger partial charge in [0.25, 0.3) is 6.43 Å². The third kappa shape index (κ3) is 4.25. The van der Waals surface area contributed by atoms with Gasteiger partial charge in [-0.15, -0.1) is 0 Å². The molecule has 0 amide bonds. The maximum Gasteiger partial charge on any atom is 0.267 e. The van der Waals surface area contributed by atoms with Crippen molar-refractivity contribution in [2.24, 2.45) is 0 Å². The monoisotopic (exact) mass is 329 g/mol. The van der Waals surface area contributed by atoms with Crippen LogP contribution in [0.5, 0.6) is 0 Å². The highest BCUT2D eigenvalue weighted by Crippen LogP contribution is 2.20. The van der Waals surface area contributed by atoms with Gasteiger partial charge < -0.3 is 10.4 Å². The number of alkyl halides is 2. The van der Waals surface area contributed by atoms with Crippen molar-refractivity contribution >= 4 is 11.6 Å². The summed E-state index contributed by atoms with van der Waals surface area (Å²) < 4.78 is 27.0. The summed E-state index contributed by atoms with van der Waals surface area (Å²) in [7, 11) is 0. The summed E-state index contributed by atoms with van der Waals surface area (Å²) >= 11 is 5.89. The van der Waals surface area contributed by atoms with Gasteiger partial charge in [-0.25, -0.2) is 8.78 Å². The van der Waals surface area contributed by atoms with Crippen molar-refractivity contribution in [1.29, 1.82) is 0 Å². The summed E-state index contributed by atoms with van der Waals surface area (Å²) in [6.45, 7) is 1.25. The second kappa shape index (κ2) is 7.17. The fraction of sp³-hybridized carbons (Fsp3) is 0.400. The molecule has 2 unspecified atom stereocenters. The average Bonchev–Trinajstić information content (AvgIpc) is 2.98. The molecule has 2 atom stereocenters. The van der Waals surface area contributed by atoms with Gasteiger partial charge in [-0.1, -0.05) is 23.7 Å². The minimum Gasteiger partial charge on any atom is -0.383 e. The number of halogens is 3. The molecule has 0 bridgehead atoms. The van der Waals surface area contributed by atoms with Crippen molar-refractivity contribution in [3.8, 4) is 0 Å². The SMILES string of the molecule is CC(O)(CNCC(c1ccc(Cl)cc1)n1cccn1)C(F)F. The Morgan fingerprint density at radius 1 is 1.36 bits per heavy atom. The molecule has 0 aliphatic rings. The molecular formula is C15H18ClF2N3O. The van der Waals surface area contributed by atoms with Gasteiger partial charge in [0.15, 0.2) is 0 Å². The van der Waals surface area contributed by atoms with Crippen LogP contribution in [-0.4, -0.2) is 40.0 Å². The highest BCUT2D eigenvalue weighted by molar-refractivity contribution is 6.30. The van der Waals surface area contributed by atoms with Gasteiger partial charge in [-0.2, -0.15) is 5.10 Å². The van der Waals surface area contributed by atoms with Crippen LogP contribution in [0.4, 0.5) is 8.78 Å². The molecule has 0 fully saturated rings. The molecule has 0 aliphatic heterocycles. The minimum atomic E-state index is -2.81. The molecule has 2 N–H and O–H groups in total. The Morgan fingerprint density at radius 3 is 2.59 bits per heavy atom. The lowest BCUT2D eigenvalue weighted by molar-refractivity contribution is -0.0808. The summed E-state index contributed by atoms with van der Waals surface area (Å²) in [6, 6.07) is 8.87. The van der Waals surface area contributed by atoms with Gasteiger partial charge in [-0.05, 0) is 30.7 Å². The first-order valence-corrected chi connectivity index (χ1v) is 7.24. The molecule has 1 aromatic carbocycles. The highest BCUT2D eigenvalue weighted by atomic mass is 35.5. The van der Waals surface area contributed by atoms with Gasteiger partial charge in [0.05, 0.1) is 6.04 Å². The largest absolute Gasteiger partial charge is 0.383 e. The van der Waals surface area contributed by atoms with Gasteiger partial charge in [0.1, 0.15) is 5.60 Å². The number of benzene rings is 1. The molecule has 22 heavy (non-hydrogen) atoms. The Kier molecular flexibility index (Phi) is 5.50. The van der Waals surface area contributed by atoms with Crippen LogP contribution in [0.2, 0.25) is 5.02 Å². The second-order valence-corrected chi connectivity index (χ2v) is 5.78. The fourth-order valence-corrected chi connectivity index (χ4v) is 2.18. The Bertz CT molecular complexity index is 573. The maximum absolute atomic E-state index is 12.7. The predicted molar refractivity (Wildman–Crippen MR) is 81.3 cm³/mol. The van der Waals surface area contributed by atoms with Gasteiger partial charge in [-0.3, -0.25) is 4.68 Å². The maximum atomic E-state index is 12.7. The van der Waals surface area contributed by atoms with E-state index in [2.05, 4.69) is 10.4 Å². The van der Waals surface area contributed by atoms with Crippen molar-refractivity contribution in [2.75, 3.05) is 13.1 Å². The van der Waals surface area contributed by atoms with Crippen LogP contribution in [0, 0.1) is 0 Å². The van der Waals surface area contributed by atoms with Crippen molar-refractivity contribution < 1.29 is 13.9 Å². The molecule has 2 rings (SSSR count). The molecular weight excluding hydrogens is 312 g/mol. The summed E-state index contributed by atoms with van der Waals surface area (Å²) in [6.07, 6.45) is 0.642. The third-order valence-corrected chi connectivity index (χ3v) is 3.64. The van der Waals surface area contributed by atoms with E-state index in [-0.39, 0.29) is 12.6 Å². The van der Waals surface area contributed by atoms with Crippen molar-refractivity contribution in [3.05, 3.63) is 53.3 Å². The standard InChI is InChI=1S/C15H18ClF2N3O/c1-15(22,14(17)18)10-19-9-13(21-8-2-7-20-21)11-3-5-12(16)6-4-11/h2-8,13-14,19,22H,9-10H2,1H3. The number of hydrogen-bond acceptors (Lipinski definition) is 3. The van der Waals surface area contributed by atoms with E-state index < -0.39 is 12.0 Å². The van der Waals surface area contributed by atoms with Crippen molar-refractivity contribution in [1.82, 2.24) is 15.1 Å².